The highest BCUT2D eigenvalue weighted by atomic mass is 79.9. The molecule has 3 nitrogen and oxygen atoms in total. The third kappa shape index (κ3) is 2.00. The van der Waals surface area contributed by atoms with Gasteiger partial charge in [0.2, 0.25) is 0 Å². The van der Waals surface area contributed by atoms with Crippen LogP contribution in [0.1, 0.15) is 5.69 Å². The standard InChI is InChI=1S/C11H11BrClN3/c1-16-9(6-14)10(12)15-11(16)7-3-2-4-8(13)5-7/h2-5H,6,14H2,1H3. The Labute approximate surface area is 107 Å². The highest BCUT2D eigenvalue weighted by Crippen LogP contribution is 2.26. The van der Waals surface area contributed by atoms with E-state index in [4.69, 9.17) is 17.3 Å². The summed E-state index contributed by atoms with van der Waals surface area (Å²) in [5, 5.41) is 0.700. The van der Waals surface area contributed by atoms with Gasteiger partial charge >= 0.3 is 0 Å². The molecule has 0 bridgehead atoms. The lowest BCUT2D eigenvalue weighted by molar-refractivity contribution is 0.825. The predicted octanol–water partition coefficient (Wildman–Crippen LogP) is 2.96. The Morgan fingerprint density at radius 2 is 2.25 bits per heavy atom. The fraction of sp³-hybridized carbons (Fsp3) is 0.182. The Morgan fingerprint density at radius 1 is 1.50 bits per heavy atom. The minimum atomic E-state index is 0.449. The molecular formula is C11H11BrClN3. The molecule has 0 radical (unpaired) electrons. The number of nitrogens with zero attached hydrogens (tertiary/aromatic N) is 2. The summed E-state index contributed by atoms with van der Waals surface area (Å²) in [6, 6.07) is 7.60. The van der Waals surface area contributed by atoms with Gasteiger partial charge in [-0.3, -0.25) is 0 Å². The monoisotopic (exact) mass is 299 g/mol. The number of halogens is 2. The van der Waals surface area contributed by atoms with E-state index in [-0.39, 0.29) is 0 Å². The number of benzene rings is 1. The maximum atomic E-state index is 5.95. The van der Waals surface area contributed by atoms with Crippen LogP contribution in [0.2, 0.25) is 5.02 Å². The third-order valence-corrected chi connectivity index (χ3v) is 3.31. The van der Waals surface area contributed by atoms with Gasteiger partial charge in [-0.15, -0.1) is 0 Å². The second kappa shape index (κ2) is 4.57. The van der Waals surface area contributed by atoms with Crippen LogP contribution in [-0.2, 0) is 13.6 Å². The van der Waals surface area contributed by atoms with Crippen molar-refractivity contribution in [1.29, 1.82) is 0 Å². The molecule has 1 heterocycles. The molecule has 0 spiro atoms. The minimum Gasteiger partial charge on any atom is -0.329 e. The molecule has 1 aromatic heterocycles. The van der Waals surface area contributed by atoms with Crippen LogP contribution in [0.15, 0.2) is 28.9 Å². The largest absolute Gasteiger partial charge is 0.329 e. The maximum absolute atomic E-state index is 5.95. The molecule has 16 heavy (non-hydrogen) atoms. The third-order valence-electron chi connectivity index (χ3n) is 2.44. The first-order chi connectivity index (χ1) is 7.63. The number of aromatic nitrogens is 2. The predicted molar refractivity (Wildman–Crippen MR) is 69.2 cm³/mol. The lowest BCUT2D eigenvalue weighted by Gasteiger charge is -2.04. The summed E-state index contributed by atoms with van der Waals surface area (Å²) in [5.41, 5.74) is 7.61. The van der Waals surface area contributed by atoms with Crippen LogP contribution >= 0.6 is 27.5 Å². The van der Waals surface area contributed by atoms with Crippen molar-refractivity contribution in [1.82, 2.24) is 9.55 Å². The lowest BCUT2D eigenvalue weighted by atomic mass is 10.2. The van der Waals surface area contributed by atoms with Gasteiger partial charge in [-0.1, -0.05) is 23.7 Å². The van der Waals surface area contributed by atoms with Gasteiger partial charge in [0.1, 0.15) is 10.4 Å². The number of rotatable bonds is 2. The molecule has 0 unspecified atom stereocenters. The first kappa shape index (κ1) is 11.6. The fourth-order valence-electron chi connectivity index (χ4n) is 1.61. The summed E-state index contributed by atoms with van der Waals surface area (Å²) in [7, 11) is 1.94. The van der Waals surface area contributed by atoms with E-state index >= 15 is 0 Å². The lowest BCUT2D eigenvalue weighted by Crippen LogP contribution is -2.04. The van der Waals surface area contributed by atoms with Crippen LogP contribution in [0.25, 0.3) is 11.4 Å². The molecule has 0 aliphatic heterocycles. The van der Waals surface area contributed by atoms with Crippen LogP contribution in [0.5, 0.6) is 0 Å². The second-order valence-electron chi connectivity index (χ2n) is 3.45. The summed E-state index contributed by atoms with van der Waals surface area (Å²) in [6.07, 6.45) is 0. The number of hydrogen-bond acceptors (Lipinski definition) is 2. The Bertz CT molecular complexity index is 522. The van der Waals surface area contributed by atoms with Crippen LogP contribution in [-0.4, -0.2) is 9.55 Å². The van der Waals surface area contributed by atoms with Gasteiger partial charge in [-0.05, 0) is 28.1 Å². The van der Waals surface area contributed by atoms with E-state index in [2.05, 4.69) is 20.9 Å². The smallest absolute Gasteiger partial charge is 0.141 e. The molecule has 0 saturated carbocycles. The highest BCUT2D eigenvalue weighted by Gasteiger charge is 2.12. The van der Waals surface area contributed by atoms with Gasteiger partial charge in [0.15, 0.2) is 0 Å². The molecule has 2 N–H and O–H groups in total. The van der Waals surface area contributed by atoms with Gasteiger partial charge in [0, 0.05) is 24.2 Å². The fourth-order valence-corrected chi connectivity index (χ4v) is 2.39. The van der Waals surface area contributed by atoms with E-state index in [0.29, 0.717) is 11.6 Å². The normalized spacial score (nSPS) is 10.8. The molecule has 1 aromatic carbocycles. The van der Waals surface area contributed by atoms with Gasteiger partial charge < -0.3 is 10.3 Å². The minimum absolute atomic E-state index is 0.449. The van der Waals surface area contributed by atoms with Crippen LogP contribution in [0.4, 0.5) is 0 Å². The van der Waals surface area contributed by atoms with Crippen LogP contribution in [0.3, 0.4) is 0 Å². The molecule has 0 aliphatic rings. The van der Waals surface area contributed by atoms with E-state index in [1.807, 2.05) is 35.9 Å². The van der Waals surface area contributed by atoms with E-state index in [0.717, 1.165) is 21.7 Å². The molecule has 0 atom stereocenters. The van der Waals surface area contributed by atoms with Crippen molar-refractivity contribution in [3.8, 4) is 11.4 Å². The van der Waals surface area contributed by atoms with Crippen molar-refractivity contribution < 1.29 is 0 Å². The van der Waals surface area contributed by atoms with Crippen molar-refractivity contribution in [2.75, 3.05) is 0 Å². The zero-order valence-electron chi connectivity index (χ0n) is 8.74. The average molecular weight is 301 g/mol. The number of nitrogens with two attached hydrogens (primary N) is 1. The number of imidazole rings is 1. The molecule has 0 saturated heterocycles. The van der Waals surface area contributed by atoms with Crippen molar-refractivity contribution in [2.45, 2.75) is 6.54 Å². The van der Waals surface area contributed by atoms with Gasteiger partial charge in [-0.2, -0.15) is 0 Å². The van der Waals surface area contributed by atoms with E-state index < -0.39 is 0 Å². The van der Waals surface area contributed by atoms with Crippen LogP contribution < -0.4 is 5.73 Å². The second-order valence-corrected chi connectivity index (χ2v) is 4.63. The maximum Gasteiger partial charge on any atom is 0.141 e. The zero-order valence-corrected chi connectivity index (χ0v) is 11.1. The molecule has 2 rings (SSSR count). The van der Waals surface area contributed by atoms with E-state index in [9.17, 15) is 0 Å². The van der Waals surface area contributed by atoms with Crippen molar-refractivity contribution in [3.63, 3.8) is 0 Å². The summed E-state index contributed by atoms with van der Waals surface area (Å²) in [4.78, 5) is 4.43. The van der Waals surface area contributed by atoms with E-state index in [1.54, 1.807) is 0 Å². The zero-order chi connectivity index (χ0) is 11.7. The van der Waals surface area contributed by atoms with Crippen LogP contribution in [0, 0.1) is 0 Å². The molecule has 0 aliphatic carbocycles. The SMILES string of the molecule is Cn1c(-c2cccc(Cl)c2)nc(Br)c1CN. The Morgan fingerprint density at radius 3 is 2.81 bits per heavy atom. The average Bonchev–Trinajstić information content (AvgIpc) is 2.54. The number of hydrogen-bond donors (Lipinski definition) is 1. The first-order valence-corrected chi connectivity index (χ1v) is 5.97. The van der Waals surface area contributed by atoms with E-state index in [1.165, 1.54) is 0 Å². The van der Waals surface area contributed by atoms with Crippen molar-refractivity contribution >= 4 is 27.5 Å². The topological polar surface area (TPSA) is 43.8 Å². The molecule has 84 valence electrons. The Balaban J connectivity index is 2.56. The summed E-state index contributed by atoms with van der Waals surface area (Å²) < 4.78 is 2.75. The van der Waals surface area contributed by atoms with Crippen molar-refractivity contribution in [3.05, 3.63) is 39.6 Å². The quantitative estimate of drug-likeness (QED) is 0.926. The highest BCUT2D eigenvalue weighted by molar-refractivity contribution is 9.10. The molecule has 5 heteroatoms. The van der Waals surface area contributed by atoms with Crippen molar-refractivity contribution in [2.24, 2.45) is 12.8 Å². The molecule has 2 aromatic rings. The summed E-state index contributed by atoms with van der Waals surface area (Å²) >= 11 is 9.35. The van der Waals surface area contributed by atoms with Gasteiger partial charge in [0.05, 0.1) is 5.69 Å². The van der Waals surface area contributed by atoms with Gasteiger partial charge in [0.25, 0.3) is 0 Å². The summed E-state index contributed by atoms with van der Waals surface area (Å²) in [5.74, 6) is 0.856. The Hall–Kier alpha value is -0.840. The molecular weight excluding hydrogens is 289 g/mol. The molecule has 0 amide bonds. The molecule has 0 fully saturated rings. The van der Waals surface area contributed by atoms with Gasteiger partial charge in [-0.25, -0.2) is 4.98 Å². The first-order valence-electron chi connectivity index (χ1n) is 4.80. The Kier molecular flexibility index (Phi) is 3.33. The summed E-state index contributed by atoms with van der Waals surface area (Å²) in [6.45, 7) is 0.449.